The predicted octanol–water partition coefficient (Wildman–Crippen LogP) is 1.29. The number of ether oxygens (including phenoxy) is 1. The largest absolute Gasteiger partial charge is 0.490 e. The molecule has 0 atom stereocenters. The van der Waals surface area contributed by atoms with Gasteiger partial charge < -0.3 is 25.0 Å². The number of rotatable bonds is 1. The van der Waals surface area contributed by atoms with E-state index in [1.807, 2.05) is 12.1 Å². The fourth-order valence-electron chi connectivity index (χ4n) is 2.48. The topological polar surface area (TPSA) is 65.0 Å². The number of benzene rings is 1. The number of amides is 1. The van der Waals surface area contributed by atoms with E-state index in [2.05, 4.69) is 16.3 Å². The Labute approximate surface area is 111 Å². The van der Waals surface area contributed by atoms with Crippen LogP contribution in [0.3, 0.4) is 0 Å². The highest BCUT2D eigenvalue weighted by atomic mass is 16.5. The second-order valence-corrected chi connectivity index (χ2v) is 4.71. The molecule has 1 fully saturated rings. The van der Waals surface area contributed by atoms with Crippen molar-refractivity contribution in [3.8, 4) is 5.75 Å². The van der Waals surface area contributed by atoms with Gasteiger partial charge in [-0.2, -0.15) is 0 Å². The van der Waals surface area contributed by atoms with Gasteiger partial charge in [0.25, 0.3) is 0 Å². The molecule has 6 heteroatoms. The van der Waals surface area contributed by atoms with E-state index in [1.54, 1.807) is 0 Å². The summed E-state index contributed by atoms with van der Waals surface area (Å²) in [5.41, 5.74) is 2.13. The van der Waals surface area contributed by atoms with Crippen LogP contribution < -0.4 is 15.0 Å². The molecule has 2 aliphatic heterocycles. The summed E-state index contributed by atoms with van der Waals surface area (Å²) < 4.78 is 5.55. The van der Waals surface area contributed by atoms with Crippen molar-refractivity contribution < 1.29 is 14.6 Å². The first kappa shape index (κ1) is 12.0. The highest BCUT2D eigenvalue weighted by Gasteiger charge is 2.21. The molecule has 3 rings (SSSR count). The Balaban J connectivity index is 1.71. The SMILES string of the molecule is O=C(O)N1CCN(c2ccc3c(c2)NCCO3)CC1. The number of nitrogens with one attached hydrogen (secondary N) is 1. The van der Waals surface area contributed by atoms with Gasteiger partial charge in [0.15, 0.2) is 0 Å². The average Bonchev–Trinajstić information content (AvgIpc) is 2.47. The van der Waals surface area contributed by atoms with Crippen LogP contribution in [0, 0.1) is 0 Å². The van der Waals surface area contributed by atoms with Crippen molar-refractivity contribution in [1.82, 2.24) is 4.90 Å². The molecule has 1 amide bonds. The fraction of sp³-hybridized carbons (Fsp3) is 0.462. The standard InChI is InChI=1S/C13H17N3O3/c17-13(18)16-6-4-15(5-7-16)10-1-2-12-11(9-10)14-3-8-19-12/h1-2,9,14H,3-8H2,(H,17,18). The van der Waals surface area contributed by atoms with Crippen LogP contribution in [0.25, 0.3) is 0 Å². The quantitative estimate of drug-likeness (QED) is 0.799. The van der Waals surface area contributed by atoms with Gasteiger partial charge in [0, 0.05) is 38.4 Å². The molecule has 0 bridgehead atoms. The summed E-state index contributed by atoms with van der Waals surface area (Å²) in [6.07, 6.45) is -0.833. The molecule has 2 N–H and O–H groups in total. The first-order chi connectivity index (χ1) is 9.24. The summed E-state index contributed by atoms with van der Waals surface area (Å²) in [7, 11) is 0. The Morgan fingerprint density at radius 2 is 2.05 bits per heavy atom. The maximum absolute atomic E-state index is 10.9. The van der Waals surface area contributed by atoms with Crippen molar-refractivity contribution in [2.45, 2.75) is 0 Å². The number of nitrogens with zero attached hydrogens (tertiary/aromatic N) is 2. The minimum absolute atomic E-state index is 0.552. The van der Waals surface area contributed by atoms with E-state index >= 15 is 0 Å². The molecule has 1 aromatic rings. The van der Waals surface area contributed by atoms with Gasteiger partial charge in [-0.3, -0.25) is 0 Å². The summed E-state index contributed by atoms with van der Waals surface area (Å²) >= 11 is 0. The lowest BCUT2D eigenvalue weighted by molar-refractivity contribution is 0.142. The molecule has 0 aliphatic carbocycles. The average molecular weight is 263 g/mol. The van der Waals surface area contributed by atoms with E-state index < -0.39 is 6.09 Å². The minimum Gasteiger partial charge on any atom is -0.490 e. The van der Waals surface area contributed by atoms with E-state index in [0.717, 1.165) is 36.8 Å². The minimum atomic E-state index is -0.833. The predicted molar refractivity (Wildman–Crippen MR) is 72.2 cm³/mol. The van der Waals surface area contributed by atoms with Crippen LogP contribution in [0.1, 0.15) is 0 Å². The Morgan fingerprint density at radius 3 is 2.79 bits per heavy atom. The Bertz CT molecular complexity index is 484. The molecule has 1 aromatic carbocycles. The summed E-state index contributed by atoms with van der Waals surface area (Å²) in [6.45, 7) is 4.08. The van der Waals surface area contributed by atoms with Gasteiger partial charge in [0.2, 0.25) is 0 Å². The van der Waals surface area contributed by atoms with Crippen LogP contribution >= 0.6 is 0 Å². The van der Waals surface area contributed by atoms with E-state index in [0.29, 0.717) is 19.7 Å². The van der Waals surface area contributed by atoms with Gasteiger partial charge in [-0.05, 0) is 18.2 Å². The molecule has 6 nitrogen and oxygen atoms in total. The van der Waals surface area contributed by atoms with Crippen LogP contribution in [-0.2, 0) is 0 Å². The van der Waals surface area contributed by atoms with Crippen molar-refractivity contribution in [3.63, 3.8) is 0 Å². The van der Waals surface area contributed by atoms with Crippen molar-refractivity contribution in [2.75, 3.05) is 49.5 Å². The number of hydrogen-bond donors (Lipinski definition) is 2. The third-order valence-electron chi connectivity index (χ3n) is 3.55. The van der Waals surface area contributed by atoms with Crippen LogP contribution in [-0.4, -0.2) is 55.4 Å². The van der Waals surface area contributed by atoms with Crippen LogP contribution in [0.4, 0.5) is 16.2 Å². The van der Waals surface area contributed by atoms with Gasteiger partial charge >= 0.3 is 6.09 Å². The van der Waals surface area contributed by atoms with E-state index in [4.69, 9.17) is 9.84 Å². The molecule has 2 heterocycles. The maximum Gasteiger partial charge on any atom is 0.407 e. The van der Waals surface area contributed by atoms with Crippen LogP contribution in [0.2, 0.25) is 0 Å². The third-order valence-corrected chi connectivity index (χ3v) is 3.55. The van der Waals surface area contributed by atoms with Gasteiger partial charge in [0.1, 0.15) is 12.4 Å². The summed E-state index contributed by atoms with van der Waals surface area (Å²) in [5.74, 6) is 0.888. The summed E-state index contributed by atoms with van der Waals surface area (Å²) in [5, 5.41) is 12.2. The highest BCUT2D eigenvalue weighted by molar-refractivity contribution is 5.68. The highest BCUT2D eigenvalue weighted by Crippen LogP contribution is 2.31. The number of hydrogen-bond acceptors (Lipinski definition) is 4. The number of anilines is 2. The zero-order valence-corrected chi connectivity index (χ0v) is 10.6. The Kier molecular flexibility index (Phi) is 3.06. The Morgan fingerprint density at radius 1 is 1.26 bits per heavy atom. The lowest BCUT2D eigenvalue weighted by Crippen LogP contribution is -2.48. The van der Waals surface area contributed by atoms with E-state index in [-0.39, 0.29) is 0 Å². The molecule has 0 unspecified atom stereocenters. The summed E-state index contributed by atoms with van der Waals surface area (Å²) in [6, 6.07) is 6.08. The van der Waals surface area contributed by atoms with Crippen molar-refractivity contribution in [1.29, 1.82) is 0 Å². The normalized spacial score (nSPS) is 18.3. The number of fused-ring (bicyclic) bond motifs is 1. The first-order valence-electron chi connectivity index (χ1n) is 6.47. The zero-order chi connectivity index (χ0) is 13.2. The third kappa shape index (κ3) is 2.38. The van der Waals surface area contributed by atoms with Gasteiger partial charge in [-0.1, -0.05) is 0 Å². The van der Waals surface area contributed by atoms with Crippen molar-refractivity contribution in [3.05, 3.63) is 18.2 Å². The number of piperazine rings is 1. The zero-order valence-electron chi connectivity index (χ0n) is 10.6. The molecule has 0 saturated carbocycles. The van der Waals surface area contributed by atoms with Crippen LogP contribution in [0.15, 0.2) is 18.2 Å². The van der Waals surface area contributed by atoms with Crippen molar-refractivity contribution >= 4 is 17.5 Å². The lowest BCUT2D eigenvalue weighted by atomic mass is 10.2. The second-order valence-electron chi connectivity index (χ2n) is 4.71. The molecule has 1 saturated heterocycles. The first-order valence-corrected chi connectivity index (χ1v) is 6.47. The fourth-order valence-corrected chi connectivity index (χ4v) is 2.48. The van der Waals surface area contributed by atoms with Gasteiger partial charge in [-0.15, -0.1) is 0 Å². The second kappa shape index (κ2) is 4.87. The van der Waals surface area contributed by atoms with Crippen molar-refractivity contribution in [2.24, 2.45) is 0 Å². The van der Waals surface area contributed by atoms with Crippen LogP contribution in [0.5, 0.6) is 5.75 Å². The molecular formula is C13H17N3O3. The molecule has 19 heavy (non-hydrogen) atoms. The number of carbonyl (C=O) groups is 1. The summed E-state index contributed by atoms with van der Waals surface area (Å²) in [4.78, 5) is 14.5. The van der Waals surface area contributed by atoms with Gasteiger partial charge in [-0.25, -0.2) is 4.79 Å². The number of carboxylic acid groups (broad SMARTS) is 1. The molecular weight excluding hydrogens is 246 g/mol. The smallest absolute Gasteiger partial charge is 0.407 e. The van der Waals surface area contributed by atoms with Gasteiger partial charge in [0.05, 0.1) is 5.69 Å². The monoisotopic (exact) mass is 263 g/mol. The van der Waals surface area contributed by atoms with E-state index in [9.17, 15) is 4.79 Å². The molecule has 0 radical (unpaired) electrons. The molecule has 0 spiro atoms. The van der Waals surface area contributed by atoms with E-state index in [1.165, 1.54) is 4.90 Å². The molecule has 2 aliphatic rings. The molecule has 102 valence electrons. The maximum atomic E-state index is 10.9. The molecule has 0 aromatic heterocycles. The lowest BCUT2D eigenvalue weighted by Gasteiger charge is -2.35. The Hall–Kier alpha value is -2.11.